The molecule has 0 saturated carbocycles. The molecule has 142 valence electrons. The molecule has 10 nitrogen and oxygen atoms in total. The molecule has 0 spiro atoms. The minimum atomic E-state index is -1.25. The highest BCUT2D eigenvalue weighted by Crippen LogP contribution is 2.11. The summed E-state index contributed by atoms with van der Waals surface area (Å²) in [5, 5.41) is 22.4. The number of nitrogens with two attached hydrogens (primary N) is 2. The lowest BCUT2D eigenvalue weighted by atomic mass is 10.0. The molecule has 0 saturated heterocycles. The molecule has 0 unspecified atom stereocenters. The largest absolute Gasteiger partial charge is 0.508 e. The van der Waals surface area contributed by atoms with Crippen molar-refractivity contribution in [3.05, 3.63) is 29.8 Å². The van der Waals surface area contributed by atoms with Crippen LogP contribution in [0.5, 0.6) is 5.75 Å². The predicted octanol–water partition coefficient (Wildman–Crippen LogP) is -1.79. The van der Waals surface area contributed by atoms with Gasteiger partial charge in [-0.25, -0.2) is 0 Å². The Balaban J connectivity index is 2.69. The highest BCUT2D eigenvalue weighted by atomic mass is 16.4. The van der Waals surface area contributed by atoms with Crippen molar-refractivity contribution in [1.82, 2.24) is 10.6 Å². The average molecular weight is 366 g/mol. The molecule has 26 heavy (non-hydrogen) atoms. The van der Waals surface area contributed by atoms with E-state index in [1.807, 2.05) is 0 Å². The second kappa shape index (κ2) is 9.99. The molecule has 1 aromatic carbocycles. The van der Waals surface area contributed by atoms with Crippen molar-refractivity contribution in [2.45, 2.75) is 31.3 Å². The Bertz CT molecular complexity index is 661. The van der Waals surface area contributed by atoms with Gasteiger partial charge in [0.2, 0.25) is 17.7 Å². The van der Waals surface area contributed by atoms with Crippen molar-refractivity contribution in [3.8, 4) is 5.75 Å². The smallest absolute Gasteiger partial charge is 0.322 e. The van der Waals surface area contributed by atoms with Gasteiger partial charge in [0.15, 0.2) is 0 Å². The van der Waals surface area contributed by atoms with E-state index in [1.165, 1.54) is 12.1 Å². The molecule has 3 amide bonds. The number of carboxylic acids is 1. The van der Waals surface area contributed by atoms with Crippen LogP contribution < -0.4 is 22.1 Å². The van der Waals surface area contributed by atoms with Gasteiger partial charge in [0.25, 0.3) is 0 Å². The molecule has 0 aliphatic rings. The van der Waals surface area contributed by atoms with Crippen molar-refractivity contribution in [1.29, 1.82) is 0 Å². The van der Waals surface area contributed by atoms with E-state index in [9.17, 15) is 24.3 Å². The molecule has 8 N–H and O–H groups in total. The molecule has 0 radical (unpaired) electrons. The number of carboxylic acid groups (broad SMARTS) is 1. The molecule has 0 bridgehead atoms. The summed E-state index contributed by atoms with van der Waals surface area (Å²) in [6, 6.07) is 3.99. The number of aromatic hydroxyl groups is 1. The van der Waals surface area contributed by atoms with Gasteiger partial charge in [-0.3, -0.25) is 19.2 Å². The molecule has 2 atom stereocenters. The lowest BCUT2D eigenvalue weighted by Crippen LogP contribution is -2.52. The lowest BCUT2D eigenvalue weighted by Gasteiger charge is -2.20. The summed E-state index contributed by atoms with van der Waals surface area (Å²) in [7, 11) is 0. The number of hydrogen-bond acceptors (Lipinski definition) is 6. The summed E-state index contributed by atoms with van der Waals surface area (Å²) in [5.41, 5.74) is 11.6. The van der Waals surface area contributed by atoms with Gasteiger partial charge >= 0.3 is 5.97 Å². The van der Waals surface area contributed by atoms with Crippen molar-refractivity contribution in [3.63, 3.8) is 0 Å². The van der Waals surface area contributed by atoms with E-state index in [0.717, 1.165) is 0 Å². The van der Waals surface area contributed by atoms with Gasteiger partial charge in [0.1, 0.15) is 18.3 Å². The van der Waals surface area contributed by atoms with Crippen LogP contribution in [-0.4, -0.2) is 52.5 Å². The zero-order valence-electron chi connectivity index (χ0n) is 14.0. The van der Waals surface area contributed by atoms with Crippen molar-refractivity contribution >= 4 is 23.7 Å². The molecule has 0 aromatic heterocycles. The van der Waals surface area contributed by atoms with E-state index in [1.54, 1.807) is 12.1 Å². The van der Waals surface area contributed by atoms with E-state index in [2.05, 4.69) is 10.6 Å². The Morgan fingerprint density at radius 3 is 2.23 bits per heavy atom. The standard InChI is InChI=1S/C16H22N4O6/c17-11(7-9-1-3-10(21)4-2-9)15(25)20-12(5-6-13(18)22)16(26)19-8-14(23)24/h1-4,11-12,21H,5-8,17H2,(H2,18,22)(H,19,26)(H,20,25)(H,23,24)/t11-,12-/m0/s1. The molecule has 0 fully saturated rings. The molecular formula is C16H22N4O6. The van der Waals surface area contributed by atoms with Crippen LogP contribution >= 0.6 is 0 Å². The van der Waals surface area contributed by atoms with Crippen LogP contribution in [0.3, 0.4) is 0 Å². The Morgan fingerprint density at radius 1 is 1.08 bits per heavy atom. The van der Waals surface area contributed by atoms with Gasteiger partial charge in [0, 0.05) is 6.42 Å². The third kappa shape index (κ3) is 7.62. The van der Waals surface area contributed by atoms with Crippen LogP contribution in [0.25, 0.3) is 0 Å². The van der Waals surface area contributed by atoms with Crippen LogP contribution in [0.1, 0.15) is 18.4 Å². The van der Waals surface area contributed by atoms with Crippen LogP contribution in [-0.2, 0) is 25.6 Å². The van der Waals surface area contributed by atoms with E-state index in [0.29, 0.717) is 5.56 Å². The number of aliphatic carboxylic acids is 1. The summed E-state index contributed by atoms with van der Waals surface area (Å²) >= 11 is 0. The second-order valence-electron chi connectivity index (χ2n) is 5.65. The number of phenols is 1. The number of benzene rings is 1. The topological polar surface area (TPSA) is 185 Å². The van der Waals surface area contributed by atoms with E-state index in [-0.39, 0.29) is 25.0 Å². The maximum Gasteiger partial charge on any atom is 0.322 e. The third-order valence-electron chi connectivity index (χ3n) is 3.45. The number of hydrogen-bond donors (Lipinski definition) is 6. The highest BCUT2D eigenvalue weighted by molar-refractivity contribution is 5.91. The number of carbonyl (C=O) groups is 4. The van der Waals surface area contributed by atoms with Crippen LogP contribution in [0.2, 0.25) is 0 Å². The molecule has 1 aromatic rings. The van der Waals surface area contributed by atoms with Gasteiger partial charge in [0.05, 0.1) is 6.04 Å². The van der Waals surface area contributed by atoms with Crippen molar-refractivity contribution < 1.29 is 29.4 Å². The first kappa shape index (κ1) is 20.9. The number of rotatable bonds is 10. The number of carbonyl (C=O) groups excluding carboxylic acids is 3. The fraction of sp³-hybridized carbons (Fsp3) is 0.375. The van der Waals surface area contributed by atoms with Gasteiger partial charge in [-0.1, -0.05) is 12.1 Å². The maximum atomic E-state index is 12.2. The SMILES string of the molecule is NC(=O)CC[C@H](NC(=O)[C@@H](N)Cc1ccc(O)cc1)C(=O)NCC(=O)O. The first-order chi connectivity index (χ1) is 12.2. The summed E-state index contributed by atoms with van der Waals surface area (Å²) in [6.45, 7) is -0.624. The summed E-state index contributed by atoms with van der Waals surface area (Å²) in [4.78, 5) is 45.7. The fourth-order valence-corrected chi connectivity index (χ4v) is 2.10. The molecule has 0 aliphatic carbocycles. The summed E-state index contributed by atoms with van der Waals surface area (Å²) in [6.07, 6.45) is -0.0948. The van der Waals surface area contributed by atoms with Crippen LogP contribution in [0.4, 0.5) is 0 Å². The molecule has 1 rings (SSSR count). The van der Waals surface area contributed by atoms with Gasteiger partial charge in [-0.05, 0) is 30.5 Å². The number of nitrogens with one attached hydrogen (secondary N) is 2. The van der Waals surface area contributed by atoms with E-state index in [4.69, 9.17) is 16.6 Å². The summed E-state index contributed by atoms with van der Waals surface area (Å²) < 4.78 is 0. The Hall–Kier alpha value is -3.14. The molecule has 10 heteroatoms. The molecule has 0 aliphatic heterocycles. The Kier molecular flexibility index (Phi) is 8.03. The van der Waals surface area contributed by atoms with E-state index >= 15 is 0 Å². The zero-order valence-corrected chi connectivity index (χ0v) is 14.0. The van der Waals surface area contributed by atoms with Gasteiger partial charge in [-0.2, -0.15) is 0 Å². The average Bonchev–Trinajstić information content (AvgIpc) is 2.57. The first-order valence-electron chi connectivity index (χ1n) is 7.80. The monoisotopic (exact) mass is 366 g/mol. The quantitative estimate of drug-likeness (QED) is 0.282. The van der Waals surface area contributed by atoms with Crippen LogP contribution in [0.15, 0.2) is 24.3 Å². The molecular weight excluding hydrogens is 344 g/mol. The number of amides is 3. The second-order valence-corrected chi connectivity index (χ2v) is 5.65. The normalized spacial score (nSPS) is 12.7. The Labute approximate surface area is 149 Å². The van der Waals surface area contributed by atoms with Crippen molar-refractivity contribution in [2.24, 2.45) is 11.5 Å². The lowest BCUT2D eigenvalue weighted by molar-refractivity contribution is -0.138. The minimum Gasteiger partial charge on any atom is -0.508 e. The summed E-state index contributed by atoms with van der Waals surface area (Å²) in [5.74, 6) is -3.23. The van der Waals surface area contributed by atoms with Crippen molar-refractivity contribution in [2.75, 3.05) is 6.54 Å². The van der Waals surface area contributed by atoms with E-state index < -0.39 is 42.3 Å². The highest BCUT2D eigenvalue weighted by Gasteiger charge is 2.24. The maximum absolute atomic E-state index is 12.2. The first-order valence-corrected chi connectivity index (χ1v) is 7.80. The predicted molar refractivity (Wildman–Crippen MR) is 90.8 cm³/mol. The number of primary amides is 1. The molecule has 0 heterocycles. The Morgan fingerprint density at radius 2 is 1.69 bits per heavy atom. The third-order valence-corrected chi connectivity index (χ3v) is 3.45. The van der Waals surface area contributed by atoms with Gasteiger partial charge in [-0.15, -0.1) is 0 Å². The van der Waals surface area contributed by atoms with Crippen LogP contribution in [0, 0.1) is 0 Å². The number of phenolic OH excluding ortho intramolecular Hbond substituents is 1. The fourth-order valence-electron chi connectivity index (χ4n) is 2.10. The zero-order chi connectivity index (χ0) is 19.7. The minimum absolute atomic E-state index is 0.0772. The van der Waals surface area contributed by atoms with Gasteiger partial charge < -0.3 is 32.3 Å².